The molecule has 0 aliphatic rings. The summed E-state index contributed by atoms with van der Waals surface area (Å²) < 4.78 is 5.43. The van der Waals surface area contributed by atoms with Gasteiger partial charge < -0.3 is 10.5 Å². The molecule has 14 heavy (non-hydrogen) atoms. The van der Waals surface area contributed by atoms with E-state index in [1.165, 1.54) is 11.3 Å². The maximum atomic E-state index is 5.80. The lowest BCUT2D eigenvalue weighted by Crippen LogP contribution is -1.91. The number of halogens is 1. The van der Waals surface area contributed by atoms with Crippen LogP contribution in [0.1, 0.15) is 0 Å². The van der Waals surface area contributed by atoms with E-state index in [0.29, 0.717) is 21.7 Å². The zero-order valence-corrected chi connectivity index (χ0v) is 8.68. The molecule has 1 aromatic heterocycles. The molecule has 72 valence electrons. The predicted molar refractivity (Wildman–Crippen MR) is 58.1 cm³/mol. The largest absolute Gasteiger partial charge is 0.429 e. The van der Waals surface area contributed by atoms with E-state index in [1.54, 1.807) is 24.4 Å². The second-order valence-corrected chi connectivity index (χ2v) is 3.88. The number of anilines is 1. The summed E-state index contributed by atoms with van der Waals surface area (Å²) in [4.78, 5) is 3.98. The Morgan fingerprint density at radius 3 is 3.00 bits per heavy atom. The summed E-state index contributed by atoms with van der Waals surface area (Å²) in [6.45, 7) is 0. The van der Waals surface area contributed by atoms with Gasteiger partial charge in [0.15, 0.2) is 5.75 Å². The van der Waals surface area contributed by atoms with Crippen molar-refractivity contribution in [1.82, 2.24) is 4.98 Å². The number of thiazole rings is 1. The highest BCUT2D eigenvalue weighted by molar-refractivity contribution is 7.11. The van der Waals surface area contributed by atoms with Gasteiger partial charge in [-0.05, 0) is 12.1 Å². The van der Waals surface area contributed by atoms with Crippen LogP contribution in [0.2, 0.25) is 5.02 Å². The molecular weight excluding hydrogens is 220 g/mol. The summed E-state index contributed by atoms with van der Waals surface area (Å²) in [7, 11) is 0. The van der Waals surface area contributed by atoms with Crippen molar-refractivity contribution in [2.75, 3.05) is 5.73 Å². The number of ether oxygens (including phenoxy) is 1. The Balaban J connectivity index is 2.28. The van der Waals surface area contributed by atoms with Crippen molar-refractivity contribution in [3.8, 4) is 10.9 Å². The Hall–Kier alpha value is -1.26. The van der Waals surface area contributed by atoms with Gasteiger partial charge in [-0.2, -0.15) is 0 Å². The van der Waals surface area contributed by atoms with Crippen LogP contribution in [0.4, 0.5) is 5.69 Å². The number of nitrogens with two attached hydrogens (primary N) is 1. The van der Waals surface area contributed by atoms with Gasteiger partial charge in [0.1, 0.15) is 0 Å². The van der Waals surface area contributed by atoms with Gasteiger partial charge in [0, 0.05) is 22.7 Å². The van der Waals surface area contributed by atoms with Crippen molar-refractivity contribution < 1.29 is 4.74 Å². The summed E-state index contributed by atoms with van der Waals surface area (Å²) in [5.74, 6) is 0.535. The summed E-state index contributed by atoms with van der Waals surface area (Å²) in [6, 6.07) is 5.08. The fourth-order valence-electron chi connectivity index (χ4n) is 0.951. The van der Waals surface area contributed by atoms with Crippen LogP contribution in [-0.4, -0.2) is 4.98 Å². The van der Waals surface area contributed by atoms with Crippen LogP contribution in [0.3, 0.4) is 0 Å². The normalized spacial score (nSPS) is 10.1. The van der Waals surface area contributed by atoms with Crippen molar-refractivity contribution in [3.63, 3.8) is 0 Å². The molecular formula is C9H7ClN2OS. The third-order valence-corrected chi connectivity index (χ3v) is 2.47. The predicted octanol–water partition coefficient (Wildman–Crippen LogP) is 3.17. The SMILES string of the molecule is Nc1ccc(Cl)cc1Oc1nccs1. The van der Waals surface area contributed by atoms with Gasteiger partial charge in [-0.25, -0.2) is 4.98 Å². The topological polar surface area (TPSA) is 48.1 Å². The first-order valence-corrected chi connectivity index (χ1v) is 5.14. The van der Waals surface area contributed by atoms with Crippen molar-refractivity contribution in [1.29, 1.82) is 0 Å². The van der Waals surface area contributed by atoms with Crippen molar-refractivity contribution in [3.05, 3.63) is 34.8 Å². The molecule has 0 atom stereocenters. The number of hydrogen-bond acceptors (Lipinski definition) is 4. The number of nitrogen functional groups attached to an aromatic ring is 1. The minimum atomic E-state index is 0.535. The van der Waals surface area contributed by atoms with E-state index in [4.69, 9.17) is 22.1 Å². The molecule has 0 radical (unpaired) electrons. The van der Waals surface area contributed by atoms with Gasteiger partial charge in [-0.1, -0.05) is 22.9 Å². The maximum Gasteiger partial charge on any atom is 0.278 e. The van der Waals surface area contributed by atoms with Crippen molar-refractivity contribution >= 4 is 28.6 Å². The van der Waals surface area contributed by atoms with Gasteiger partial charge in [-0.15, -0.1) is 0 Å². The van der Waals surface area contributed by atoms with E-state index in [2.05, 4.69) is 4.98 Å². The Kier molecular flexibility index (Phi) is 2.56. The molecule has 2 rings (SSSR count). The molecule has 0 fully saturated rings. The number of rotatable bonds is 2. The Morgan fingerprint density at radius 2 is 2.29 bits per heavy atom. The van der Waals surface area contributed by atoms with E-state index in [0.717, 1.165) is 0 Å². The van der Waals surface area contributed by atoms with Crippen LogP contribution < -0.4 is 10.5 Å². The first kappa shape index (κ1) is 9.30. The minimum absolute atomic E-state index is 0.535. The molecule has 3 nitrogen and oxygen atoms in total. The summed E-state index contributed by atoms with van der Waals surface area (Å²) >= 11 is 7.20. The molecule has 2 N–H and O–H groups in total. The van der Waals surface area contributed by atoms with Crippen LogP contribution in [0.5, 0.6) is 10.9 Å². The molecule has 0 unspecified atom stereocenters. The van der Waals surface area contributed by atoms with Crippen LogP contribution >= 0.6 is 22.9 Å². The lowest BCUT2D eigenvalue weighted by atomic mass is 10.3. The summed E-state index contributed by atoms with van der Waals surface area (Å²) in [5, 5.41) is 2.97. The lowest BCUT2D eigenvalue weighted by molar-refractivity contribution is 0.481. The molecule has 1 heterocycles. The second kappa shape index (κ2) is 3.86. The third kappa shape index (κ3) is 1.97. The third-order valence-electron chi connectivity index (χ3n) is 1.58. The fraction of sp³-hybridized carbons (Fsp3) is 0. The first-order chi connectivity index (χ1) is 6.75. The van der Waals surface area contributed by atoms with Gasteiger partial charge in [0.05, 0.1) is 5.69 Å². The van der Waals surface area contributed by atoms with Crippen molar-refractivity contribution in [2.24, 2.45) is 0 Å². The molecule has 0 aliphatic heterocycles. The van der Waals surface area contributed by atoms with E-state index in [-0.39, 0.29) is 0 Å². The monoisotopic (exact) mass is 226 g/mol. The number of hydrogen-bond donors (Lipinski definition) is 1. The highest BCUT2D eigenvalue weighted by Gasteiger charge is 2.04. The van der Waals surface area contributed by atoms with Gasteiger partial charge in [0.25, 0.3) is 5.19 Å². The lowest BCUT2D eigenvalue weighted by Gasteiger charge is -2.04. The van der Waals surface area contributed by atoms with Crippen LogP contribution in [0, 0.1) is 0 Å². The second-order valence-electron chi connectivity index (χ2n) is 2.58. The van der Waals surface area contributed by atoms with Gasteiger partial charge >= 0.3 is 0 Å². The fourth-order valence-corrected chi connectivity index (χ4v) is 1.61. The molecule has 5 heteroatoms. The Bertz CT molecular complexity index is 430. The summed E-state index contributed by atoms with van der Waals surface area (Å²) in [6.07, 6.45) is 1.67. The zero-order chi connectivity index (χ0) is 9.97. The van der Waals surface area contributed by atoms with E-state index >= 15 is 0 Å². The smallest absolute Gasteiger partial charge is 0.278 e. The Morgan fingerprint density at radius 1 is 1.43 bits per heavy atom. The van der Waals surface area contributed by atoms with E-state index in [1.807, 2.05) is 5.38 Å². The number of aromatic nitrogens is 1. The molecule has 0 aliphatic carbocycles. The average Bonchev–Trinajstić information content (AvgIpc) is 2.64. The molecule has 2 aromatic rings. The minimum Gasteiger partial charge on any atom is -0.429 e. The molecule has 0 bridgehead atoms. The molecule has 0 saturated heterocycles. The number of benzene rings is 1. The zero-order valence-electron chi connectivity index (χ0n) is 7.11. The Labute approximate surface area is 90.1 Å². The van der Waals surface area contributed by atoms with E-state index < -0.39 is 0 Å². The number of nitrogens with zero attached hydrogens (tertiary/aromatic N) is 1. The van der Waals surface area contributed by atoms with Gasteiger partial charge in [0.2, 0.25) is 0 Å². The van der Waals surface area contributed by atoms with Crippen LogP contribution in [-0.2, 0) is 0 Å². The van der Waals surface area contributed by atoms with Crippen LogP contribution in [0.25, 0.3) is 0 Å². The van der Waals surface area contributed by atoms with Crippen molar-refractivity contribution in [2.45, 2.75) is 0 Å². The molecule has 0 saturated carbocycles. The first-order valence-electron chi connectivity index (χ1n) is 3.88. The van der Waals surface area contributed by atoms with E-state index in [9.17, 15) is 0 Å². The average molecular weight is 227 g/mol. The highest BCUT2D eigenvalue weighted by Crippen LogP contribution is 2.30. The summed E-state index contributed by atoms with van der Waals surface area (Å²) in [5.41, 5.74) is 6.25. The molecule has 0 amide bonds. The van der Waals surface area contributed by atoms with Gasteiger partial charge in [-0.3, -0.25) is 0 Å². The maximum absolute atomic E-state index is 5.80. The highest BCUT2D eigenvalue weighted by atomic mass is 35.5. The quantitative estimate of drug-likeness (QED) is 0.801. The standard InChI is InChI=1S/C9H7ClN2OS/c10-6-1-2-7(11)8(5-6)13-9-12-3-4-14-9/h1-5H,11H2. The van der Waals surface area contributed by atoms with Crippen LogP contribution in [0.15, 0.2) is 29.8 Å². The molecule has 1 aromatic carbocycles. The molecule has 0 spiro atoms.